The largest absolute Gasteiger partial charge is 0.493 e. The van der Waals surface area contributed by atoms with E-state index in [1.807, 2.05) is 36.2 Å². The second-order valence-corrected chi connectivity index (χ2v) is 6.50. The maximum atomic E-state index is 12.6. The van der Waals surface area contributed by atoms with Gasteiger partial charge in [0.05, 0.1) is 41.2 Å². The molecule has 2 aromatic rings. The normalized spacial score (nSPS) is 17.1. The lowest BCUT2D eigenvalue weighted by atomic mass is 10.1. The number of carbonyl (C=O) groups is 1. The summed E-state index contributed by atoms with van der Waals surface area (Å²) < 4.78 is 21.3. The van der Waals surface area contributed by atoms with Crippen LogP contribution in [-0.2, 0) is 4.79 Å². The molecule has 2 aromatic carbocycles. The molecule has 0 N–H and O–H groups in total. The van der Waals surface area contributed by atoms with Crippen molar-refractivity contribution in [3.05, 3.63) is 47.5 Å². The van der Waals surface area contributed by atoms with E-state index in [1.54, 1.807) is 46.8 Å². The van der Waals surface area contributed by atoms with Crippen LogP contribution in [0.25, 0.3) is 0 Å². The summed E-state index contributed by atoms with van der Waals surface area (Å²) in [7, 11) is 8.20. The molecule has 1 aliphatic rings. The Bertz CT molecular complexity index is 915. The second kappa shape index (κ2) is 8.83. The smallest absolute Gasteiger partial charge is 0.258 e. The zero-order chi connectivity index (χ0) is 21.0. The van der Waals surface area contributed by atoms with E-state index in [0.717, 1.165) is 11.1 Å². The molecule has 0 radical (unpaired) electrons. The van der Waals surface area contributed by atoms with Crippen LogP contribution in [0.4, 0.5) is 0 Å². The molecule has 8 heteroatoms. The molecule has 1 fully saturated rings. The number of hydrazone groups is 1. The Morgan fingerprint density at radius 1 is 0.897 bits per heavy atom. The molecule has 3 rings (SSSR count). The molecule has 0 spiro atoms. The molecule has 0 aromatic heterocycles. The Kier molecular flexibility index (Phi) is 6.23. The highest BCUT2D eigenvalue weighted by atomic mass is 16.5. The average Bonchev–Trinajstić information content (AvgIpc) is 3.04. The first-order chi connectivity index (χ1) is 14.0. The van der Waals surface area contributed by atoms with Gasteiger partial charge in [0.2, 0.25) is 0 Å². The van der Waals surface area contributed by atoms with Crippen molar-refractivity contribution < 1.29 is 23.7 Å². The fraction of sp³-hybridized carbons (Fsp3) is 0.333. The molecule has 1 heterocycles. The zero-order valence-electron chi connectivity index (χ0n) is 17.2. The zero-order valence-corrected chi connectivity index (χ0v) is 17.2. The van der Waals surface area contributed by atoms with Crippen molar-refractivity contribution >= 4 is 12.1 Å². The number of methoxy groups -OCH3 is 4. The number of ether oxygens (including phenoxy) is 4. The van der Waals surface area contributed by atoms with Gasteiger partial charge in [-0.25, -0.2) is 5.01 Å². The number of benzene rings is 2. The maximum absolute atomic E-state index is 12.6. The molecule has 29 heavy (non-hydrogen) atoms. The Morgan fingerprint density at radius 3 is 2.10 bits per heavy atom. The van der Waals surface area contributed by atoms with Gasteiger partial charge in [-0.05, 0) is 48.5 Å². The molecular weight excluding hydrogens is 374 g/mol. The van der Waals surface area contributed by atoms with E-state index in [4.69, 9.17) is 18.9 Å². The lowest BCUT2D eigenvalue weighted by Gasteiger charge is -2.25. The monoisotopic (exact) mass is 399 g/mol. The SMILES string of the molecule is COc1ccc(/C=N\N2C(=O)CN(C)[C@@H]2c2ccc(OC)c(OC)c2)cc1OC. The highest BCUT2D eigenvalue weighted by Gasteiger charge is 2.37. The van der Waals surface area contributed by atoms with Crippen molar-refractivity contribution in [3.8, 4) is 23.0 Å². The first kappa shape index (κ1) is 20.5. The minimum Gasteiger partial charge on any atom is -0.493 e. The number of likely N-dealkylation sites (N-methyl/N-ethyl adjacent to an activating group) is 1. The average molecular weight is 399 g/mol. The van der Waals surface area contributed by atoms with Crippen molar-refractivity contribution in [2.75, 3.05) is 42.0 Å². The number of hydrogen-bond acceptors (Lipinski definition) is 7. The third-order valence-electron chi connectivity index (χ3n) is 4.73. The second-order valence-electron chi connectivity index (χ2n) is 6.50. The number of carbonyl (C=O) groups excluding carboxylic acids is 1. The summed E-state index contributed by atoms with van der Waals surface area (Å²) in [6, 6.07) is 11.0. The molecule has 1 aliphatic heterocycles. The van der Waals surface area contributed by atoms with Crippen LogP contribution in [0, 0.1) is 0 Å². The molecule has 0 saturated carbocycles. The summed E-state index contributed by atoms with van der Waals surface area (Å²) in [5.74, 6) is 2.36. The minimum atomic E-state index is -0.348. The van der Waals surface area contributed by atoms with Gasteiger partial charge in [0.1, 0.15) is 6.17 Å². The predicted octanol–water partition coefficient (Wildman–Crippen LogP) is 2.53. The Labute approximate surface area is 170 Å². The Morgan fingerprint density at radius 2 is 1.48 bits per heavy atom. The van der Waals surface area contributed by atoms with Crippen molar-refractivity contribution in [2.24, 2.45) is 5.10 Å². The van der Waals surface area contributed by atoms with Crippen LogP contribution in [0.1, 0.15) is 17.3 Å². The van der Waals surface area contributed by atoms with E-state index in [-0.39, 0.29) is 18.6 Å². The fourth-order valence-corrected chi connectivity index (χ4v) is 3.29. The predicted molar refractivity (Wildman–Crippen MR) is 109 cm³/mol. The molecule has 1 amide bonds. The van der Waals surface area contributed by atoms with Crippen molar-refractivity contribution in [1.29, 1.82) is 0 Å². The van der Waals surface area contributed by atoms with E-state index >= 15 is 0 Å². The fourth-order valence-electron chi connectivity index (χ4n) is 3.29. The summed E-state index contributed by atoms with van der Waals surface area (Å²) in [6.45, 7) is 0.266. The van der Waals surface area contributed by atoms with Crippen molar-refractivity contribution in [3.63, 3.8) is 0 Å². The molecule has 0 bridgehead atoms. The lowest BCUT2D eigenvalue weighted by Crippen LogP contribution is -2.26. The lowest BCUT2D eigenvalue weighted by molar-refractivity contribution is -0.128. The highest BCUT2D eigenvalue weighted by Crippen LogP contribution is 2.35. The first-order valence-electron chi connectivity index (χ1n) is 9.02. The molecular formula is C21H25N3O5. The summed E-state index contributed by atoms with van der Waals surface area (Å²) in [6.07, 6.45) is 1.28. The van der Waals surface area contributed by atoms with E-state index in [2.05, 4.69) is 5.10 Å². The van der Waals surface area contributed by atoms with Crippen molar-refractivity contribution in [1.82, 2.24) is 9.91 Å². The van der Waals surface area contributed by atoms with Gasteiger partial charge < -0.3 is 18.9 Å². The maximum Gasteiger partial charge on any atom is 0.258 e. The van der Waals surface area contributed by atoms with Crippen LogP contribution in [0.2, 0.25) is 0 Å². The third kappa shape index (κ3) is 4.12. The molecule has 1 atom stereocenters. The number of rotatable bonds is 7. The number of nitrogens with zero attached hydrogens (tertiary/aromatic N) is 3. The van der Waals surface area contributed by atoms with Crippen LogP contribution in [0.15, 0.2) is 41.5 Å². The van der Waals surface area contributed by atoms with Gasteiger partial charge in [0, 0.05) is 0 Å². The first-order valence-corrected chi connectivity index (χ1v) is 9.02. The quantitative estimate of drug-likeness (QED) is 0.667. The summed E-state index contributed by atoms with van der Waals surface area (Å²) in [4.78, 5) is 14.5. The standard InChI is InChI=1S/C21H25N3O5/c1-23-13-20(25)24(21(23)15-7-9-17(27-3)19(11-15)29-5)22-12-14-6-8-16(26-2)18(10-14)28-4/h6-12,21H,13H2,1-5H3/b22-12-/t21-/m0/s1. The van der Waals surface area contributed by atoms with Crippen LogP contribution in [0.5, 0.6) is 23.0 Å². The van der Waals surface area contributed by atoms with Crippen LogP contribution >= 0.6 is 0 Å². The molecule has 8 nitrogen and oxygen atoms in total. The molecule has 154 valence electrons. The summed E-state index contributed by atoms with van der Waals surface area (Å²) >= 11 is 0. The van der Waals surface area contributed by atoms with Crippen LogP contribution in [-0.4, -0.2) is 64.1 Å². The van der Waals surface area contributed by atoms with Crippen molar-refractivity contribution in [2.45, 2.75) is 6.17 Å². The third-order valence-corrected chi connectivity index (χ3v) is 4.73. The van der Waals surface area contributed by atoms with Crippen LogP contribution < -0.4 is 18.9 Å². The van der Waals surface area contributed by atoms with E-state index in [9.17, 15) is 4.79 Å². The van der Waals surface area contributed by atoms with Gasteiger partial charge in [-0.15, -0.1) is 0 Å². The van der Waals surface area contributed by atoms with E-state index < -0.39 is 0 Å². The number of amides is 1. The van der Waals surface area contributed by atoms with Gasteiger partial charge in [0.25, 0.3) is 5.91 Å². The Hall–Kier alpha value is -3.26. The minimum absolute atomic E-state index is 0.0935. The topological polar surface area (TPSA) is 72.8 Å². The van der Waals surface area contributed by atoms with Crippen LogP contribution in [0.3, 0.4) is 0 Å². The van der Waals surface area contributed by atoms with Gasteiger partial charge in [0.15, 0.2) is 23.0 Å². The van der Waals surface area contributed by atoms with Gasteiger partial charge in [-0.2, -0.15) is 5.10 Å². The highest BCUT2D eigenvalue weighted by molar-refractivity contribution is 5.85. The Balaban J connectivity index is 1.91. The molecule has 1 saturated heterocycles. The summed E-state index contributed by atoms with van der Waals surface area (Å²) in [5, 5.41) is 5.93. The number of hydrogen-bond donors (Lipinski definition) is 0. The van der Waals surface area contributed by atoms with Gasteiger partial charge >= 0.3 is 0 Å². The van der Waals surface area contributed by atoms with E-state index in [1.165, 1.54) is 5.01 Å². The van der Waals surface area contributed by atoms with Gasteiger partial charge in [-0.1, -0.05) is 6.07 Å². The molecule has 0 unspecified atom stereocenters. The van der Waals surface area contributed by atoms with Gasteiger partial charge in [-0.3, -0.25) is 9.69 Å². The summed E-state index contributed by atoms with van der Waals surface area (Å²) in [5.41, 5.74) is 1.66. The van der Waals surface area contributed by atoms with E-state index in [0.29, 0.717) is 23.0 Å². The molecule has 0 aliphatic carbocycles.